The van der Waals surface area contributed by atoms with Crippen LogP contribution in [0.25, 0.3) is 0 Å². The molecule has 1 atom stereocenters. The van der Waals surface area contributed by atoms with Gasteiger partial charge in [0, 0.05) is 19.8 Å². The standard InChI is InChI=1S/C9H16O3/c1-4-8(11)6-9(5-2)12-7(3)10/h9H,4-6H2,1-3H3. The Hall–Kier alpha value is -0.860. The third-order valence-corrected chi connectivity index (χ3v) is 1.64. The number of rotatable bonds is 5. The van der Waals surface area contributed by atoms with Gasteiger partial charge in [-0.05, 0) is 6.42 Å². The summed E-state index contributed by atoms with van der Waals surface area (Å²) in [7, 11) is 0. The Labute approximate surface area is 73.1 Å². The number of hydrogen-bond acceptors (Lipinski definition) is 3. The van der Waals surface area contributed by atoms with Gasteiger partial charge >= 0.3 is 5.97 Å². The average molecular weight is 172 g/mol. The van der Waals surface area contributed by atoms with Crippen LogP contribution in [-0.2, 0) is 14.3 Å². The minimum Gasteiger partial charge on any atom is -0.462 e. The smallest absolute Gasteiger partial charge is 0.302 e. The molecule has 3 heteroatoms. The van der Waals surface area contributed by atoms with Gasteiger partial charge in [0.05, 0.1) is 0 Å². The summed E-state index contributed by atoms with van der Waals surface area (Å²) in [5.74, 6) is -0.172. The zero-order chi connectivity index (χ0) is 9.56. The largest absolute Gasteiger partial charge is 0.462 e. The topological polar surface area (TPSA) is 43.4 Å². The highest BCUT2D eigenvalue weighted by atomic mass is 16.5. The fourth-order valence-corrected chi connectivity index (χ4v) is 0.902. The van der Waals surface area contributed by atoms with Crippen LogP contribution >= 0.6 is 0 Å². The lowest BCUT2D eigenvalue weighted by Crippen LogP contribution is -2.18. The van der Waals surface area contributed by atoms with E-state index in [1.165, 1.54) is 6.92 Å². The van der Waals surface area contributed by atoms with Crippen molar-refractivity contribution in [2.45, 2.75) is 46.1 Å². The maximum Gasteiger partial charge on any atom is 0.302 e. The van der Waals surface area contributed by atoms with Crippen LogP contribution in [0.4, 0.5) is 0 Å². The number of carbonyl (C=O) groups is 2. The molecule has 12 heavy (non-hydrogen) atoms. The summed E-state index contributed by atoms with van der Waals surface area (Å²) in [5, 5.41) is 0. The van der Waals surface area contributed by atoms with Crippen LogP contribution in [0.15, 0.2) is 0 Å². The number of ketones is 1. The predicted molar refractivity (Wildman–Crippen MR) is 45.8 cm³/mol. The van der Waals surface area contributed by atoms with Crippen molar-refractivity contribution in [3.8, 4) is 0 Å². The van der Waals surface area contributed by atoms with E-state index >= 15 is 0 Å². The molecule has 0 N–H and O–H groups in total. The van der Waals surface area contributed by atoms with E-state index in [0.717, 1.165) is 0 Å². The van der Waals surface area contributed by atoms with Gasteiger partial charge in [0.1, 0.15) is 11.9 Å². The Morgan fingerprint density at radius 1 is 1.33 bits per heavy atom. The molecular weight excluding hydrogens is 156 g/mol. The van der Waals surface area contributed by atoms with E-state index in [1.54, 1.807) is 0 Å². The highest BCUT2D eigenvalue weighted by Gasteiger charge is 2.12. The van der Waals surface area contributed by atoms with Gasteiger partial charge in [-0.2, -0.15) is 0 Å². The fourth-order valence-electron chi connectivity index (χ4n) is 0.902. The van der Waals surface area contributed by atoms with Crippen LogP contribution in [0.3, 0.4) is 0 Å². The SMILES string of the molecule is CCC(=O)CC(CC)OC(C)=O. The summed E-state index contributed by atoms with van der Waals surface area (Å²) in [6, 6.07) is 0. The van der Waals surface area contributed by atoms with Gasteiger partial charge in [0.25, 0.3) is 0 Å². The maximum absolute atomic E-state index is 11.0. The molecule has 0 aromatic rings. The summed E-state index contributed by atoms with van der Waals surface area (Å²) in [5.41, 5.74) is 0. The van der Waals surface area contributed by atoms with E-state index in [-0.39, 0.29) is 17.9 Å². The Balaban J connectivity index is 3.82. The molecule has 0 aliphatic rings. The molecule has 0 radical (unpaired) electrons. The van der Waals surface area contributed by atoms with E-state index in [9.17, 15) is 9.59 Å². The van der Waals surface area contributed by atoms with Crippen molar-refractivity contribution in [1.82, 2.24) is 0 Å². The minimum atomic E-state index is -0.314. The Morgan fingerprint density at radius 3 is 2.25 bits per heavy atom. The third-order valence-electron chi connectivity index (χ3n) is 1.64. The van der Waals surface area contributed by atoms with Crippen molar-refractivity contribution in [1.29, 1.82) is 0 Å². The van der Waals surface area contributed by atoms with Crippen molar-refractivity contribution in [2.24, 2.45) is 0 Å². The highest BCUT2D eigenvalue weighted by Crippen LogP contribution is 2.05. The average Bonchev–Trinajstić information content (AvgIpc) is 2.02. The van der Waals surface area contributed by atoms with Crippen LogP contribution in [0, 0.1) is 0 Å². The number of esters is 1. The molecule has 0 bridgehead atoms. The second-order valence-electron chi connectivity index (χ2n) is 2.74. The first-order chi connectivity index (χ1) is 5.60. The molecule has 0 amide bonds. The van der Waals surface area contributed by atoms with Gasteiger partial charge < -0.3 is 4.74 Å². The number of ether oxygens (including phenoxy) is 1. The molecule has 70 valence electrons. The van der Waals surface area contributed by atoms with Crippen molar-refractivity contribution in [3.05, 3.63) is 0 Å². The van der Waals surface area contributed by atoms with E-state index in [2.05, 4.69) is 0 Å². The first-order valence-corrected chi connectivity index (χ1v) is 4.29. The van der Waals surface area contributed by atoms with Gasteiger partial charge in [-0.1, -0.05) is 13.8 Å². The first kappa shape index (κ1) is 11.1. The quantitative estimate of drug-likeness (QED) is 0.593. The molecule has 0 saturated carbocycles. The summed E-state index contributed by atoms with van der Waals surface area (Å²) in [6.45, 7) is 5.07. The van der Waals surface area contributed by atoms with Gasteiger partial charge in [-0.3, -0.25) is 9.59 Å². The van der Waals surface area contributed by atoms with Crippen LogP contribution in [-0.4, -0.2) is 17.9 Å². The molecule has 0 saturated heterocycles. The summed E-state index contributed by atoms with van der Waals surface area (Å²) < 4.78 is 4.91. The molecule has 1 unspecified atom stereocenters. The van der Waals surface area contributed by atoms with E-state index in [0.29, 0.717) is 19.3 Å². The Morgan fingerprint density at radius 2 is 1.92 bits per heavy atom. The van der Waals surface area contributed by atoms with Crippen molar-refractivity contribution in [3.63, 3.8) is 0 Å². The molecule has 0 spiro atoms. The maximum atomic E-state index is 11.0. The minimum absolute atomic E-state index is 0.142. The van der Waals surface area contributed by atoms with Gasteiger partial charge in [0.15, 0.2) is 0 Å². The lowest BCUT2D eigenvalue weighted by atomic mass is 10.1. The third kappa shape index (κ3) is 4.88. The Bertz CT molecular complexity index is 163. The predicted octanol–water partition coefficient (Wildman–Crippen LogP) is 1.70. The molecule has 0 aliphatic heterocycles. The monoisotopic (exact) mass is 172 g/mol. The van der Waals surface area contributed by atoms with Crippen molar-refractivity contribution < 1.29 is 14.3 Å². The number of carbonyl (C=O) groups excluding carboxylic acids is 2. The lowest BCUT2D eigenvalue weighted by molar-refractivity contribution is -0.147. The van der Waals surface area contributed by atoms with E-state index < -0.39 is 0 Å². The van der Waals surface area contributed by atoms with E-state index in [4.69, 9.17) is 4.74 Å². The zero-order valence-electron chi connectivity index (χ0n) is 7.92. The molecule has 0 fully saturated rings. The van der Waals surface area contributed by atoms with Crippen LogP contribution in [0.5, 0.6) is 0 Å². The second kappa shape index (κ2) is 5.75. The Kier molecular flexibility index (Phi) is 5.34. The van der Waals surface area contributed by atoms with Crippen LogP contribution in [0.1, 0.15) is 40.0 Å². The summed E-state index contributed by atoms with van der Waals surface area (Å²) in [4.78, 5) is 21.5. The molecule has 0 aliphatic carbocycles. The van der Waals surface area contributed by atoms with E-state index in [1.807, 2.05) is 13.8 Å². The second-order valence-corrected chi connectivity index (χ2v) is 2.74. The molecule has 3 nitrogen and oxygen atoms in total. The first-order valence-electron chi connectivity index (χ1n) is 4.29. The molecule has 0 aromatic heterocycles. The normalized spacial score (nSPS) is 12.2. The summed E-state index contributed by atoms with van der Waals surface area (Å²) in [6.07, 6.45) is 1.34. The van der Waals surface area contributed by atoms with Crippen LogP contribution in [0.2, 0.25) is 0 Å². The number of Topliss-reactive ketones (excluding diaryl/α,β-unsaturated/α-hetero) is 1. The highest BCUT2D eigenvalue weighted by molar-refractivity contribution is 5.78. The molecule has 0 aromatic carbocycles. The molecule has 0 heterocycles. The molecule has 0 rings (SSSR count). The zero-order valence-corrected chi connectivity index (χ0v) is 7.92. The van der Waals surface area contributed by atoms with Crippen LogP contribution < -0.4 is 0 Å². The molecular formula is C9H16O3. The van der Waals surface area contributed by atoms with Crippen molar-refractivity contribution >= 4 is 11.8 Å². The fraction of sp³-hybridized carbons (Fsp3) is 0.778. The summed E-state index contributed by atoms with van der Waals surface area (Å²) >= 11 is 0. The lowest BCUT2D eigenvalue weighted by Gasteiger charge is -2.13. The number of hydrogen-bond donors (Lipinski definition) is 0. The van der Waals surface area contributed by atoms with Crippen molar-refractivity contribution in [2.75, 3.05) is 0 Å². The van der Waals surface area contributed by atoms with Gasteiger partial charge in [0.2, 0.25) is 0 Å². The van der Waals surface area contributed by atoms with Gasteiger partial charge in [-0.15, -0.1) is 0 Å². The van der Waals surface area contributed by atoms with Gasteiger partial charge in [-0.25, -0.2) is 0 Å².